The summed E-state index contributed by atoms with van der Waals surface area (Å²) in [5.41, 5.74) is 4.97. The Morgan fingerprint density at radius 1 is 1.03 bits per heavy atom. The minimum atomic E-state index is -1.78. The number of carbonyl (C=O) groups excluding carboxylic acids is 1. The number of benzene rings is 3. The predicted molar refractivity (Wildman–Crippen MR) is 128 cm³/mol. The van der Waals surface area contributed by atoms with E-state index in [1.54, 1.807) is 5.06 Å². The van der Waals surface area contributed by atoms with Gasteiger partial charge in [0.25, 0.3) is 0 Å². The minimum absolute atomic E-state index is 0.336. The fourth-order valence-electron chi connectivity index (χ4n) is 5.35. The summed E-state index contributed by atoms with van der Waals surface area (Å²) >= 11 is 0. The lowest BCUT2D eigenvalue weighted by Gasteiger charge is -2.32. The van der Waals surface area contributed by atoms with Crippen LogP contribution >= 0.6 is 0 Å². The average molecular weight is 476 g/mol. The molecule has 2 saturated heterocycles. The SMILES string of the molecule is CCO[C@@H]1OC(=O)[C@]2(S(=O)c3ccc(C)cc3)[C@H]1ON1c3ccccc3Cc3ccccc3[C@@H]12. The minimum Gasteiger partial charge on any atom is -0.431 e. The fourth-order valence-corrected chi connectivity index (χ4v) is 7.11. The molecule has 6 nitrogen and oxygen atoms in total. The first-order valence-electron chi connectivity index (χ1n) is 11.5. The Hall–Kier alpha value is -3.00. The maximum absolute atomic E-state index is 14.5. The molecule has 3 aromatic rings. The summed E-state index contributed by atoms with van der Waals surface area (Å²) < 4.78 is 24.5. The zero-order chi connectivity index (χ0) is 23.4. The molecule has 0 bridgehead atoms. The molecule has 1 unspecified atom stereocenters. The lowest BCUT2D eigenvalue weighted by Crippen LogP contribution is -2.51. The van der Waals surface area contributed by atoms with Gasteiger partial charge in [0.05, 0.1) is 16.5 Å². The quantitative estimate of drug-likeness (QED) is 0.527. The van der Waals surface area contributed by atoms with Crippen LogP contribution in [0.15, 0.2) is 77.7 Å². The molecule has 6 rings (SSSR count). The third-order valence-electron chi connectivity index (χ3n) is 6.91. The molecule has 0 saturated carbocycles. The van der Waals surface area contributed by atoms with E-state index in [0.29, 0.717) is 17.9 Å². The third kappa shape index (κ3) is 2.94. The van der Waals surface area contributed by atoms with Crippen LogP contribution in [-0.4, -0.2) is 33.9 Å². The number of fused-ring (bicyclic) bond motifs is 7. The standard InChI is InChI=1S/C27H25NO5S/c1-3-31-25-24-27(26(29)32-25,34(30)20-14-12-17(2)13-15-20)23-21-10-6-4-8-18(21)16-19-9-5-7-11-22(19)28(23)33-24/h4-15,23-25H,3,16H2,1-2H3/t23-,24+,25-,27-,34?/m1/s1. The zero-order valence-corrected chi connectivity index (χ0v) is 19.8. The summed E-state index contributed by atoms with van der Waals surface area (Å²) in [7, 11) is -1.78. The molecular formula is C27H25NO5S. The zero-order valence-electron chi connectivity index (χ0n) is 19.0. The van der Waals surface area contributed by atoms with Gasteiger partial charge < -0.3 is 9.47 Å². The number of hydroxylamine groups is 1. The van der Waals surface area contributed by atoms with E-state index in [1.165, 1.54) is 0 Å². The first-order chi connectivity index (χ1) is 16.6. The number of hydrogen-bond acceptors (Lipinski definition) is 6. The second-order valence-electron chi connectivity index (χ2n) is 8.86. The fraction of sp³-hybridized carbons (Fsp3) is 0.296. The Morgan fingerprint density at radius 2 is 1.74 bits per heavy atom. The van der Waals surface area contributed by atoms with E-state index in [1.807, 2.05) is 74.5 Å². The Kier molecular flexibility index (Phi) is 5.09. The first-order valence-corrected chi connectivity index (χ1v) is 12.6. The maximum Gasteiger partial charge on any atom is 0.333 e. The van der Waals surface area contributed by atoms with Crippen LogP contribution in [0.25, 0.3) is 0 Å². The van der Waals surface area contributed by atoms with Gasteiger partial charge in [0, 0.05) is 11.5 Å². The molecule has 3 heterocycles. The van der Waals surface area contributed by atoms with Gasteiger partial charge >= 0.3 is 5.97 Å². The van der Waals surface area contributed by atoms with Gasteiger partial charge in [0.15, 0.2) is 6.10 Å². The summed E-state index contributed by atoms with van der Waals surface area (Å²) in [4.78, 5) is 20.9. The van der Waals surface area contributed by atoms with Crippen LogP contribution in [0.1, 0.15) is 35.2 Å². The number of esters is 1. The lowest BCUT2D eigenvalue weighted by molar-refractivity contribution is -0.178. The second kappa shape index (κ2) is 8.05. The number of carbonyl (C=O) groups is 1. The molecule has 0 amide bonds. The van der Waals surface area contributed by atoms with Gasteiger partial charge in [-0.1, -0.05) is 60.2 Å². The molecule has 34 heavy (non-hydrogen) atoms. The highest BCUT2D eigenvalue weighted by molar-refractivity contribution is 7.87. The lowest BCUT2D eigenvalue weighted by atomic mass is 9.87. The molecule has 0 aromatic heterocycles. The van der Waals surface area contributed by atoms with Crippen molar-refractivity contribution in [1.29, 1.82) is 0 Å². The van der Waals surface area contributed by atoms with E-state index < -0.39 is 40.0 Å². The number of aryl methyl sites for hydroxylation is 1. The molecule has 0 aliphatic carbocycles. The van der Waals surface area contributed by atoms with E-state index >= 15 is 0 Å². The van der Waals surface area contributed by atoms with Gasteiger partial charge in [-0.3, -0.25) is 13.8 Å². The molecule has 0 spiro atoms. The van der Waals surface area contributed by atoms with Crippen LogP contribution in [-0.2, 0) is 36.3 Å². The highest BCUT2D eigenvalue weighted by atomic mass is 32.2. The Balaban J connectivity index is 1.62. The van der Waals surface area contributed by atoms with E-state index in [9.17, 15) is 9.00 Å². The van der Waals surface area contributed by atoms with Crippen molar-refractivity contribution in [3.8, 4) is 0 Å². The van der Waals surface area contributed by atoms with Crippen LogP contribution in [0.5, 0.6) is 0 Å². The molecule has 3 aliphatic rings. The highest BCUT2D eigenvalue weighted by Crippen LogP contribution is 2.57. The maximum atomic E-state index is 14.5. The molecule has 3 aromatic carbocycles. The normalized spacial score (nSPS) is 27.8. The summed E-state index contributed by atoms with van der Waals surface area (Å²) in [6.45, 7) is 4.15. The highest BCUT2D eigenvalue weighted by Gasteiger charge is 2.74. The van der Waals surface area contributed by atoms with Crippen molar-refractivity contribution < 1.29 is 23.3 Å². The Labute approximate surface area is 200 Å². The number of para-hydroxylation sites is 1. The van der Waals surface area contributed by atoms with Gasteiger partial charge in [0.1, 0.15) is 6.04 Å². The number of ether oxygens (including phenoxy) is 2. The van der Waals surface area contributed by atoms with Gasteiger partial charge in [-0.2, -0.15) is 0 Å². The largest absolute Gasteiger partial charge is 0.431 e. The van der Waals surface area contributed by atoms with Crippen molar-refractivity contribution in [3.63, 3.8) is 0 Å². The van der Waals surface area contributed by atoms with Crippen molar-refractivity contribution in [2.75, 3.05) is 11.7 Å². The van der Waals surface area contributed by atoms with Gasteiger partial charge in [-0.25, -0.2) is 5.06 Å². The molecule has 5 atom stereocenters. The molecule has 3 aliphatic heterocycles. The smallest absolute Gasteiger partial charge is 0.333 e. The third-order valence-corrected chi connectivity index (χ3v) is 8.85. The van der Waals surface area contributed by atoms with Crippen LogP contribution < -0.4 is 5.06 Å². The number of rotatable bonds is 4. The van der Waals surface area contributed by atoms with Crippen LogP contribution in [0.4, 0.5) is 5.69 Å². The molecule has 174 valence electrons. The van der Waals surface area contributed by atoms with Gasteiger partial charge in [-0.15, -0.1) is 0 Å². The monoisotopic (exact) mass is 475 g/mol. The van der Waals surface area contributed by atoms with E-state index in [4.69, 9.17) is 14.3 Å². The number of nitrogens with zero attached hydrogens (tertiary/aromatic N) is 1. The summed E-state index contributed by atoms with van der Waals surface area (Å²) in [6, 6.07) is 22.8. The topological polar surface area (TPSA) is 65.1 Å². The van der Waals surface area contributed by atoms with Crippen LogP contribution in [0, 0.1) is 6.92 Å². The van der Waals surface area contributed by atoms with Crippen LogP contribution in [0.2, 0.25) is 0 Å². The van der Waals surface area contributed by atoms with Crippen molar-refractivity contribution in [2.45, 2.75) is 48.3 Å². The van der Waals surface area contributed by atoms with Crippen molar-refractivity contribution in [3.05, 3.63) is 95.1 Å². The molecule has 0 N–H and O–H groups in total. The van der Waals surface area contributed by atoms with Crippen molar-refractivity contribution in [2.24, 2.45) is 0 Å². The number of hydrogen-bond donors (Lipinski definition) is 0. The molecular weight excluding hydrogens is 450 g/mol. The van der Waals surface area contributed by atoms with Gasteiger partial charge in [0.2, 0.25) is 11.0 Å². The Morgan fingerprint density at radius 3 is 2.50 bits per heavy atom. The number of anilines is 1. The predicted octanol–water partition coefficient (Wildman–Crippen LogP) is 4.23. The second-order valence-corrected chi connectivity index (χ2v) is 10.5. The summed E-state index contributed by atoms with van der Waals surface area (Å²) in [6.07, 6.45) is -1.13. The van der Waals surface area contributed by atoms with E-state index in [0.717, 1.165) is 27.9 Å². The summed E-state index contributed by atoms with van der Waals surface area (Å²) in [5, 5.41) is 1.78. The van der Waals surface area contributed by atoms with Crippen LogP contribution in [0.3, 0.4) is 0 Å². The molecule has 7 heteroatoms. The van der Waals surface area contributed by atoms with Crippen molar-refractivity contribution >= 4 is 22.5 Å². The summed E-state index contributed by atoms with van der Waals surface area (Å²) in [5.74, 6) is -0.559. The molecule has 2 fully saturated rings. The Bertz CT molecular complexity index is 1290. The molecule has 0 radical (unpaired) electrons. The first kappa shape index (κ1) is 21.5. The van der Waals surface area contributed by atoms with E-state index in [2.05, 4.69) is 12.1 Å². The van der Waals surface area contributed by atoms with E-state index in [-0.39, 0.29) is 0 Å². The number of cyclic esters (lactones) is 1. The van der Waals surface area contributed by atoms with Crippen molar-refractivity contribution in [1.82, 2.24) is 0 Å². The average Bonchev–Trinajstić information content (AvgIpc) is 3.28. The van der Waals surface area contributed by atoms with Gasteiger partial charge in [-0.05, 0) is 55.2 Å².